The van der Waals surface area contributed by atoms with E-state index in [1.807, 2.05) is 23.5 Å². The maximum absolute atomic E-state index is 13.9. The number of fused-ring (bicyclic) bond motifs is 5. The summed E-state index contributed by atoms with van der Waals surface area (Å²) in [5.74, 6) is 0.0287. The van der Waals surface area contributed by atoms with Crippen molar-refractivity contribution in [1.29, 1.82) is 0 Å². The molecule has 160 valence electrons. The Morgan fingerprint density at radius 2 is 1.97 bits per heavy atom. The molecule has 0 radical (unpaired) electrons. The zero-order valence-electron chi connectivity index (χ0n) is 18.1. The first-order chi connectivity index (χ1) is 15.7. The number of pyridine rings is 1. The number of thiophene rings is 1. The van der Waals surface area contributed by atoms with E-state index < -0.39 is 0 Å². The maximum Gasteiger partial charge on any atom is 0.256 e. The molecule has 32 heavy (non-hydrogen) atoms. The van der Waals surface area contributed by atoms with Gasteiger partial charge < -0.3 is 9.47 Å². The zero-order chi connectivity index (χ0) is 21.7. The minimum atomic E-state index is -0.156. The lowest BCUT2D eigenvalue weighted by atomic mass is 9.94. The summed E-state index contributed by atoms with van der Waals surface area (Å²) in [7, 11) is 0. The van der Waals surface area contributed by atoms with E-state index in [-0.39, 0.29) is 11.9 Å². The molecule has 1 unspecified atom stereocenters. The number of carbonyl (C=O) groups excluding carboxylic acids is 1. The van der Waals surface area contributed by atoms with Crippen molar-refractivity contribution in [2.75, 3.05) is 0 Å². The van der Waals surface area contributed by atoms with Crippen molar-refractivity contribution in [2.24, 2.45) is 0 Å². The number of benzene rings is 1. The minimum Gasteiger partial charge on any atom is -0.321 e. The van der Waals surface area contributed by atoms with Crippen LogP contribution in [0, 0.1) is 6.92 Å². The van der Waals surface area contributed by atoms with Crippen LogP contribution in [0.5, 0.6) is 0 Å². The van der Waals surface area contributed by atoms with Crippen LogP contribution in [-0.2, 0) is 19.4 Å². The summed E-state index contributed by atoms with van der Waals surface area (Å²) in [6.07, 6.45) is 10.3. The molecule has 5 heteroatoms. The third kappa shape index (κ3) is 3.11. The van der Waals surface area contributed by atoms with E-state index >= 15 is 0 Å². The number of aryl methyl sites for hydroxylation is 2. The predicted octanol–water partition coefficient (Wildman–Crippen LogP) is 5.87. The third-order valence-electron chi connectivity index (χ3n) is 6.71. The van der Waals surface area contributed by atoms with E-state index in [0.717, 1.165) is 24.1 Å². The molecule has 1 aliphatic carbocycles. The Balaban J connectivity index is 1.58. The molecule has 6 rings (SSSR count). The molecule has 1 aromatic carbocycles. The Morgan fingerprint density at radius 3 is 2.81 bits per heavy atom. The highest BCUT2D eigenvalue weighted by Crippen LogP contribution is 2.44. The van der Waals surface area contributed by atoms with Crippen molar-refractivity contribution in [1.82, 2.24) is 14.5 Å². The molecular formula is C27H25N3OS. The number of rotatable bonds is 2. The summed E-state index contributed by atoms with van der Waals surface area (Å²) >= 11 is 1.92. The third-order valence-corrected chi connectivity index (χ3v) is 8.04. The fourth-order valence-electron chi connectivity index (χ4n) is 5.23. The molecule has 3 aromatic heterocycles. The van der Waals surface area contributed by atoms with Gasteiger partial charge >= 0.3 is 0 Å². The number of amides is 1. The van der Waals surface area contributed by atoms with Gasteiger partial charge in [-0.3, -0.25) is 9.78 Å². The van der Waals surface area contributed by atoms with E-state index in [9.17, 15) is 4.79 Å². The van der Waals surface area contributed by atoms with Crippen molar-refractivity contribution in [3.63, 3.8) is 0 Å². The van der Waals surface area contributed by atoms with Crippen LogP contribution in [0.4, 0.5) is 0 Å². The van der Waals surface area contributed by atoms with Crippen molar-refractivity contribution in [3.05, 3.63) is 106 Å². The lowest BCUT2D eigenvalue weighted by molar-refractivity contribution is 0.0690. The molecule has 1 aliphatic heterocycles. The second-order valence-electron chi connectivity index (χ2n) is 8.79. The number of hydrogen-bond acceptors (Lipinski definition) is 3. The van der Waals surface area contributed by atoms with Gasteiger partial charge in [-0.05, 0) is 68.0 Å². The van der Waals surface area contributed by atoms with Crippen LogP contribution in [0.3, 0.4) is 0 Å². The molecule has 1 amide bonds. The summed E-state index contributed by atoms with van der Waals surface area (Å²) in [4.78, 5) is 21.7. The highest BCUT2D eigenvalue weighted by atomic mass is 32.1. The lowest BCUT2D eigenvalue weighted by Gasteiger charge is -2.31. The number of nitrogens with zero attached hydrogens (tertiary/aromatic N) is 3. The van der Waals surface area contributed by atoms with Gasteiger partial charge in [0.2, 0.25) is 0 Å². The average Bonchev–Trinajstić information content (AvgIpc) is 3.41. The molecule has 0 saturated carbocycles. The van der Waals surface area contributed by atoms with Crippen LogP contribution in [0.1, 0.15) is 62.1 Å². The van der Waals surface area contributed by atoms with E-state index in [4.69, 9.17) is 0 Å². The van der Waals surface area contributed by atoms with Crippen LogP contribution in [-0.4, -0.2) is 20.4 Å². The SMILES string of the molecule is Cc1cccc(C2c3cccn3-c3sc4c(c3CN2C(=O)c2cccnc2)CCCC4)c1. The molecule has 4 heterocycles. The van der Waals surface area contributed by atoms with Gasteiger partial charge in [-0.2, -0.15) is 0 Å². The summed E-state index contributed by atoms with van der Waals surface area (Å²) < 4.78 is 2.34. The van der Waals surface area contributed by atoms with Gasteiger partial charge in [-0.25, -0.2) is 0 Å². The Bertz CT molecular complexity index is 1300. The minimum absolute atomic E-state index is 0.0287. The van der Waals surface area contributed by atoms with Crippen molar-refractivity contribution < 1.29 is 4.79 Å². The van der Waals surface area contributed by atoms with Gasteiger partial charge in [0.25, 0.3) is 5.91 Å². The van der Waals surface area contributed by atoms with Crippen LogP contribution in [0.15, 0.2) is 67.1 Å². The van der Waals surface area contributed by atoms with Crippen molar-refractivity contribution in [2.45, 2.75) is 45.2 Å². The standard InChI is InChI=1S/C27H25N3OS/c1-18-7-4-8-19(15-18)25-23-11-6-14-29(23)27-22(21-10-2-3-12-24(21)32-27)17-30(25)26(31)20-9-5-13-28-16-20/h4-9,11,13-16,25H,2-3,10,12,17H2,1H3. The van der Waals surface area contributed by atoms with E-state index in [2.05, 4.69) is 64.0 Å². The quantitative estimate of drug-likeness (QED) is 0.392. The van der Waals surface area contributed by atoms with Gasteiger partial charge in [0.05, 0.1) is 23.8 Å². The molecule has 4 aromatic rings. The first-order valence-electron chi connectivity index (χ1n) is 11.3. The Hall–Kier alpha value is -3.18. The topological polar surface area (TPSA) is 38.1 Å². The fraction of sp³-hybridized carbons (Fsp3) is 0.259. The fourth-order valence-corrected chi connectivity index (χ4v) is 6.64. The predicted molar refractivity (Wildman–Crippen MR) is 127 cm³/mol. The number of aromatic nitrogens is 2. The summed E-state index contributed by atoms with van der Waals surface area (Å²) in [5, 5.41) is 1.29. The molecule has 0 bridgehead atoms. The smallest absolute Gasteiger partial charge is 0.256 e. The average molecular weight is 440 g/mol. The molecule has 1 atom stereocenters. The van der Waals surface area contributed by atoms with Crippen LogP contribution < -0.4 is 0 Å². The van der Waals surface area contributed by atoms with E-state index in [1.165, 1.54) is 39.4 Å². The Labute approximate surface area is 192 Å². The molecular weight excluding hydrogens is 414 g/mol. The molecule has 0 N–H and O–H groups in total. The zero-order valence-corrected chi connectivity index (χ0v) is 18.9. The Morgan fingerprint density at radius 1 is 1.06 bits per heavy atom. The first kappa shape index (κ1) is 19.5. The van der Waals surface area contributed by atoms with E-state index in [1.54, 1.807) is 12.4 Å². The van der Waals surface area contributed by atoms with Crippen molar-refractivity contribution in [3.8, 4) is 5.00 Å². The van der Waals surface area contributed by atoms with Gasteiger partial charge in [0.15, 0.2) is 0 Å². The first-order valence-corrected chi connectivity index (χ1v) is 12.1. The van der Waals surface area contributed by atoms with Gasteiger partial charge in [-0.1, -0.05) is 29.8 Å². The molecule has 2 aliphatic rings. The monoisotopic (exact) mass is 439 g/mol. The Kier molecular flexibility index (Phi) is 4.72. The molecule has 4 nitrogen and oxygen atoms in total. The molecule has 0 fully saturated rings. The summed E-state index contributed by atoms with van der Waals surface area (Å²) in [6.45, 7) is 2.73. The lowest BCUT2D eigenvalue weighted by Crippen LogP contribution is -2.35. The normalized spacial score (nSPS) is 17.3. The van der Waals surface area contributed by atoms with Crippen molar-refractivity contribution >= 4 is 17.2 Å². The largest absolute Gasteiger partial charge is 0.321 e. The highest BCUT2D eigenvalue weighted by Gasteiger charge is 2.36. The summed E-state index contributed by atoms with van der Waals surface area (Å²) in [6, 6.07) is 16.4. The summed E-state index contributed by atoms with van der Waals surface area (Å²) in [5.41, 5.74) is 6.93. The second-order valence-corrected chi connectivity index (χ2v) is 9.87. The number of hydrogen-bond donors (Lipinski definition) is 0. The van der Waals surface area contributed by atoms with Gasteiger partial charge in [-0.15, -0.1) is 11.3 Å². The van der Waals surface area contributed by atoms with Crippen LogP contribution in [0.2, 0.25) is 0 Å². The van der Waals surface area contributed by atoms with Crippen LogP contribution >= 0.6 is 11.3 Å². The number of carbonyl (C=O) groups is 1. The molecule has 0 spiro atoms. The van der Waals surface area contributed by atoms with Gasteiger partial charge in [0.1, 0.15) is 5.00 Å². The van der Waals surface area contributed by atoms with Crippen LogP contribution in [0.25, 0.3) is 5.00 Å². The van der Waals surface area contributed by atoms with E-state index in [0.29, 0.717) is 12.1 Å². The second kappa shape index (κ2) is 7.75. The van der Waals surface area contributed by atoms with Gasteiger partial charge in [0, 0.05) is 29.0 Å². The maximum atomic E-state index is 13.9. The highest BCUT2D eigenvalue weighted by molar-refractivity contribution is 7.15. The molecule has 0 saturated heterocycles.